The Balaban J connectivity index is 2.31. The average molecular weight is 269 g/mol. The zero-order valence-electron chi connectivity index (χ0n) is 9.38. The summed E-state index contributed by atoms with van der Waals surface area (Å²) in [6.07, 6.45) is 0. The van der Waals surface area contributed by atoms with Gasteiger partial charge in [-0.15, -0.1) is 0 Å². The van der Waals surface area contributed by atoms with Crippen LogP contribution in [0.5, 0.6) is 0 Å². The van der Waals surface area contributed by atoms with Crippen molar-refractivity contribution in [3.8, 4) is 0 Å². The van der Waals surface area contributed by atoms with E-state index in [4.69, 9.17) is 0 Å². The fourth-order valence-electron chi connectivity index (χ4n) is 1.47. The number of hydrogen-bond acceptors (Lipinski definition) is 1. The monoisotopic (exact) mass is 269 g/mol. The summed E-state index contributed by atoms with van der Waals surface area (Å²) in [6, 6.07) is 5.28. The minimum absolute atomic E-state index is 0.507. The molecule has 0 fully saturated rings. The van der Waals surface area contributed by atoms with Crippen LogP contribution < -0.4 is 5.32 Å². The van der Waals surface area contributed by atoms with Gasteiger partial charge in [0.2, 0.25) is 0 Å². The van der Waals surface area contributed by atoms with E-state index in [9.17, 15) is 22.4 Å². The minimum Gasteiger partial charge on any atom is -0.317 e. The molecule has 6 heteroatoms. The van der Waals surface area contributed by atoms with Gasteiger partial charge in [0.1, 0.15) is 29.0 Å². The molecule has 2 aromatic carbocycles. The van der Waals surface area contributed by atoms with E-state index < -0.39 is 40.4 Å². The van der Waals surface area contributed by atoms with E-state index in [0.29, 0.717) is 6.07 Å². The number of carbonyl (C=O) groups is 1. The van der Waals surface area contributed by atoms with E-state index >= 15 is 0 Å². The third-order valence-corrected chi connectivity index (χ3v) is 2.38. The molecule has 0 radical (unpaired) electrons. The molecule has 0 spiro atoms. The van der Waals surface area contributed by atoms with Crippen LogP contribution >= 0.6 is 0 Å². The molecular formula is C13H7F4NO. The van der Waals surface area contributed by atoms with Crippen LogP contribution in [0.2, 0.25) is 0 Å². The zero-order valence-corrected chi connectivity index (χ0v) is 9.38. The van der Waals surface area contributed by atoms with Crippen molar-refractivity contribution in [3.63, 3.8) is 0 Å². The van der Waals surface area contributed by atoms with Gasteiger partial charge in [-0.3, -0.25) is 4.79 Å². The van der Waals surface area contributed by atoms with Crippen molar-refractivity contribution in [1.82, 2.24) is 0 Å². The van der Waals surface area contributed by atoms with Crippen LogP contribution in [0, 0.1) is 23.3 Å². The van der Waals surface area contributed by atoms with Crippen molar-refractivity contribution in [2.24, 2.45) is 0 Å². The van der Waals surface area contributed by atoms with Gasteiger partial charge < -0.3 is 5.32 Å². The van der Waals surface area contributed by atoms with Crippen molar-refractivity contribution < 1.29 is 22.4 Å². The average Bonchev–Trinajstić information content (AvgIpc) is 2.33. The summed E-state index contributed by atoms with van der Waals surface area (Å²) in [4.78, 5) is 11.6. The standard InChI is InChI=1S/C13H7F4NO/c14-7-4-5-8(11(17)6-7)13(19)18-12-9(15)2-1-3-10(12)16/h1-6H,(H,18,19). The molecule has 0 unspecified atom stereocenters. The van der Waals surface area contributed by atoms with Crippen molar-refractivity contribution >= 4 is 11.6 Å². The molecule has 98 valence electrons. The molecule has 0 atom stereocenters. The van der Waals surface area contributed by atoms with Crippen LogP contribution in [0.3, 0.4) is 0 Å². The van der Waals surface area contributed by atoms with Gasteiger partial charge in [0.15, 0.2) is 0 Å². The lowest BCUT2D eigenvalue weighted by Gasteiger charge is -2.08. The SMILES string of the molecule is O=C(Nc1c(F)cccc1F)c1ccc(F)cc1F. The fourth-order valence-corrected chi connectivity index (χ4v) is 1.47. The number of hydrogen-bond donors (Lipinski definition) is 1. The molecule has 1 amide bonds. The fraction of sp³-hybridized carbons (Fsp3) is 0. The Morgan fingerprint density at radius 2 is 1.53 bits per heavy atom. The molecule has 2 aromatic rings. The molecule has 0 aliphatic heterocycles. The van der Waals surface area contributed by atoms with Crippen molar-refractivity contribution in [2.75, 3.05) is 5.32 Å². The highest BCUT2D eigenvalue weighted by molar-refractivity contribution is 6.04. The summed E-state index contributed by atoms with van der Waals surface area (Å²) in [5.41, 5.74) is -1.19. The Labute approximate surface area is 105 Å². The van der Waals surface area contributed by atoms with E-state index in [1.807, 2.05) is 5.32 Å². The molecule has 0 saturated heterocycles. The van der Waals surface area contributed by atoms with Crippen LogP contribution in [0.15, 0.2) is 36.4 Å². The van der Waals surface area contributed by atoms with Crippen molar-refractivity contribution in [3.05, 3.63) is 65.2 Å². The summed E-state index contributed by atoms with van der Waals surface area (Å²) in [5, 5.41) is 1.90. The largest absolute Gasteiger partial charge is 0.317 e. The predicted octanol–water partition coefficient (Wildman–Crippen LogP) is 3.50. The second-order valence-electron chi connectivity index (χ2n) is 3.67. The quantitative estimate of drug-likeness (QED) is 0.831. The number of rotatable bonds is 2. The number of para-hydroxylation sites is 1. The number of carbonyl (C=O) groups excluding carboxylic acids is 1. The molecule has 0 aromatic heterocycles. The number of amides is 1. The Morgan fingerprint density at radius 3 is 2.11 bits per heavy atom. The number of benzene rings is 2. The first-order valence-corrected chi connectivity index (χ1v) is 5.19. The Kier molecular flexibility index (Phi) is 3.50. The lowest BCUT2D eigenvalue weighted by atomic mass is 10.2. The summed E-state index contributed by atoms with van der Waals surface area (Å²) in [5.74, 6) is -5.02. The Morgan fingerprint density at radius 1 is 0.895 bits per heavy atom. The van der Waals surface area contributed by atoms with E-state index in [2.05, 4.69) is 0 Å². The van der Waals surface area contributed by atoms with E-state index in [1.54, 1.807) is 0 Å². The minimum atomic E-state index is -1.12. The van der Waals surface area contributed by atoms with Gasteiger partial charge in [0, 0.05) is 6.07 Å². The van der Waals surface area contributed by atoms with E-state index in [1.165, 1.54) is 0 Å². The van der Waals surface area contributed by atoms with Gasteiger partial charge in [-0.05, 0) is 24.3 Å². The molecule has 0 aliphatic carbocycles. The summed E-state index contributed by atoms with van der Waals surface area (Å²) >= 11 is 0. The van der Waals surface area contributed by atoms with Crippen LogP contribution in [-0.2, 0) is 0 Å². The topological polar surface area (TPSA) is 29.1 Å². The second-order valence-corrected chi connectivity index (χ2v) is 3.67. The first-order chi connectivity index (χ1) is 8.99. The van der Waals surface area contributed by atoms with Gasteiger partial charge in [-0.25, -0.2) is 17.6 Å². The summed E-state index contributed by atoms with van der Waals surface area (Å²) in [6.45, 7) is 0. The van der Waals surface area contributed by atoms with Gasteiger partial charge in [-0.1, -0.05) is 6.07 Å². The highest BCUT2D eigenvalue weighted by atomic mass is 19.1. The van der Waals surface area contributed by atoms with Gasteiger partial charge in [-0.2, -0.15) is 0 Å². The highest BCUT2D eigenvalue weighted by Crippen LogP contribution is 2.19. The summed E-state index contributed by atoms with van der Waals surface area (Å²) in [7, 11) is 0. The molecule has 0 bridgehead atoms. The summed E-state index contributed by atoms with van der Waals surface area (Å²) < 4.78 is 52.6. The Bertz CT molecular complexity index is 622. The van der Waals surface area contributed by atoms with Crippen LogP contribution in [0.1, 0.15) is 10.4 Å². The normalized spacial score (nSPS) is 10.3. The maximum absolute atomic E-state index is 13.3. The number of nitrogens with one attached hydrogen (secondary N) is 1. The lowest BCUT2D eigenvalue weighted by Crippen LogP contribution is -2.16. The van der Waals surface area contributed by atoms with Gasteiger partial charge >= 0.3 is 0 Å². The zero-order chi connectivity index (χ0) is 14.0. The molecule has 0 heterocycles. The molecular weight excluding hydrogens is 262 g/mol. The predicted molar refractivity (Wildman–Crippen MR) is 60.7 cm³/mol. The lowest BCUT2D eigenvalue weighted by molar-refractivity contribution is 0.102. The van der Waals surface area contributed by atoms with Gasteiger partial charge in [0.25, 0.3) is 5.91 Å². The van der Waals surface area contributed by atoms with Crippen molar-refractivity contribution in [1.29, 1.82) is 0 Å². The van der Waals surface area contributed by atoms with Crippen LogP contribution in [0.25, 0.3) is 0 Å². The Hall–Kier alpha value is -2.37. The van der Waals surface area contributed by atoms with Crippen molar-refractivity contribution in [2.45, 2.75) is 0 Å². The van der Waals surface area contributed by atoms with Gasteiger partial charge in [0.05, 0.1) is 5.56 Å². The maximum atomic E-state index is 13.3. The van der Waals surface area contributed by atoms with E-state index in [0.717, 1.165) is 30.3 Å². The first-order valence-electron chi connectivity index (χ1n) is 5.19. The first kappa shape index (κ1) is 13.1. The van der Waals surface area contributed by atoms with Crippen LogP contribution in [0.4, 0.5) is 23.2 Å². The van der Waals surface area contributed by atoms with Crippen LogP contribution in [-0.4, -0.2) is 5.91 Å². The smallest absolute Gasteiger partial charge is 0.258 e. The molecule has 1 N–H and O–H groups in total. The molecule has 2 rings (SSSR count). The number of halogens is 4. The maximum Gasteiger partial charge on any atom is 0.258 e. The number of anilines is 1. The molecule has 2 nitrogen and oxygen atoms in total. The van der Waals surface area contributed by atoms with E-state index in [-0.39, 0.29) is 0 Å². The molecule has 19 heavy (non-hydrogen) atoms. The highest BCUT2D eigenvalue weighted by Gasteiger charge is 2.16. The molecule has 0 saturated carbocycles. The third kappa shape index (κ3) is 2.73. The third-order valence-electron chi connectivity index (χ3n) is 2.38. The molecule has 0 aliphatic rings. The second kappa shape index (κ2) is 5.09.